The fourth-order valence-corrected chi connectivity index (χ4v) is 2.71. The monoisotopic (exact) mass is 319 g/mol. The van der Waals surface area contributed by atoms with Crippen molar-refractivity contribution in [2.75, 3.05) is 6.54 Å². The third-order valence-electron chi connectivity index (χ3n) is 3.38. The summed E-state index contributed by atoms with van der Waals surface area (Å²) in [6.45, 7) is 8.69. The molecule has 0 saturated carbocycles. The minimum Gasteiger partial charge on any atom is -0.355 e. The Bertz CT molecular complexity index is 655. The highest BCUT2D eigenvalue weighted by Gasteiger charge is 2.18. The summed E-state index contributed by atoms with van der Waals surface area (Å²) in [5.74, 6) is 0.00138. The molecule has 6 nitrogen and oxygen atoms in total. The number of tetrazole rings is 1. The summed E-state index contributed by atoms with van der Waals surface area (Å²) >= 11 is 1.36. The van der Waals surface area contributed by atoms with Gasteiger partial charge in [0.15, 0.2) is 0 Å². The second-order valence-electron chi connectivity index (χ2n) is 5.19. The number of aryl methyl sites for hydroxylation is 2. The Hall–Kier alpha value is -1.89. The molecule has 2 aromatic rings. The van der Waals surface area contributed by atoms with Crippen LogP contribution in [0, 0.1) is 13.8 Å². The highest BCUT2D eigenvalue weighted by molar-refractivity contribution is 8.00. The van der Waals surface area contributed by atoms with E-state index >= 15 is 0 Å². The van der Waals surface area contributed by atoms with Gasteiger partial charge < -0.3 is 5.32 Å². The number of hydrogen-bond acceptors (Lipinski definition) is 5. The predicted octanol–water partition coefficient (Wildman–Crippen LogP) is 2.29. The SMILES string of the molecule is CCCNC(=O)[C@H](C)Sc1nnnn1-c1ccc(C)c(C)c1. The molecular formula is C15H21N5OS. The van der Waals surface area contributed by atoms with Crippen molar-refractivity contribution in [3.63, 3.8) is 0 Å². The Morgan fingerprint density at radius 2 is 2.14 bits per heavy atom. The van der Waals surface area contributed by atoms with Crippen molar-refractivity contribution in [3.8, 4) is 5.69 Å². The first-order valence-electron chi connectivity index (χ1n) is 7.33. The van der Waals surface area contributed by atoms with Crippen molar-refractivity contribution in [1.29, 1.82) is 0 Å². The van der Waals surface area contributed by atoms with Crippen molar-refractivity contribution in [2.45, 2.75) is 44.5 Å². The maximum Gasteiger partial charge on any atom is 0.233 e. The lowest BCUT2D eigenvalue weighted by molar-refractivity contribution is -0.120. The molecule has 0 radical (unpaired) electrons. The first kappa shape index (κ1) is 16.5. The fourth-order valence-electron chi connectivity index (χ4n) is 1.88. The summed E-state index contributed by atoms with van der Waals surface area (Å²) in [5.41, 5.74) is 3.30. The van der Waals surface area contributed by atoms with Gasteiger partial charge in [-0.1, -0.05) is 24.8 Å². The van der Waals surface area contributed by atoms with Crippen molar-refractivity contribution in [2.24, 2.45) is 0 Å². The van der Waals surface area contributed by atoms with Crippen LogP contribution < -0.4 is 5.32 Å². The molecule has 2 rings (SSSR count). The first-order chi connectivity index (χ1) is 10.5. The maximum absolute atomic E-state index is 12.0. The Morgan fingerprint density at radius 1 is 1.36 bits per heavy atom. The summed E-state index contributed by atoms with van der Waals surface area (Å²) in [5, 5.41) is 15.1. The zero-order valence-electron chi connectivity index (χ0n) is 13.3. The highest BCUT2D eigenvalue weighted by atomic mass is 32.2. The van der Waals surface area contributed by atoms with Crippen LogP contribution in [0.3, 0.4) is 0 Å². The van der Waals surface area contributed by atoms with Crippen molar-refractivity contribution in [3.05, 3.63) is 29.3 Å². The van der Waals surface area contributed by atoms with Crippen molar-refractivity contribution >= 4 is 17.7 Å². The normalized spacial score (nSPS) is 12.2. The summed E-state index contributed by atoms with van der Waals surface area (Å²) in [6.07, 6.45) is 0.920. The van der Waals surface area contributed by atoms with E-state index in [-0.39, 0.29) is 11.2 Å². The van der Waals surface area contributed by atoms with Gasteiger partial charge in [-0.3, -0.25) is 4.79 Å². The van der Waals surface area contributed by atoms with Gasteiger partial charge in [0.1, 0.15) is 0 Å². The Balaban J connectivity index is 2.15. The Kier molecular flexibility index (Phi) is 5.54. The minimum atomic E-state index is -0.247. The van der Waals surface area contributed by atoms with Gasteiger partial charge >= 0.3 is 0 Å². The Morgan fingerprint density at radius 3 is 2.82 bits per heavy atom. The van der Waals surface area contributed by atoms with E-state index in [4.69, 9.17) is 0 Å². The molecule has 1 amide bonds. The largest absolute Gasteiger partial charge is 0.355 e. The van der Waals surface area contributed by atoms with E-state index in [9.17, 15) is 4.79 Å². The minimum absolute atomic E-state index is 0.00138. The number of amides is 1. The topological polar surface area (TPSA) is 72.7 Å². The average molecular weight is 319 g/mol. The van der Waals surface area contributed by atoms with Crippen LogP contribution in [0.1, 0.15) is 31.4 Å². The number of rotatable bonds is 6. The van der Waals surface area contributed by atoms with E-state index in [2.05, 4.69) is 34.7 Å². The van der Waals surface area contributed by atoms with Crippen LogP contribution in [0.5, 0.6) is 0 Å². The van der Waals surface area contributed by atoms with Gasteiger partial charge in [0.25, 0.3) is 0 Å². The third kappa shape index (κ3) is 3.85. The van der Waals surface area contributed by atoms with Crippen molar-refractivity contribution < 1.29 is 4.79 Å². The van der Waals surface area contributed by atoms with E-state index in [0.717, 1.165) is 12.1 Å². The fraction of sp³-hybridized carbons (Fsp3) is 0.467. The number of carbonyl (C=O) groups excluding carboxylic acids is 1. The number of aromatic nitrogens is 4. The van der Waals surface area contributed by atoms with Crippen LogP contribution in [0.15, 0.2) is 23.4 Å². The number of hydrogen-bond donors (Lipinski definition) is 1. The van der Waals surface area contributed by atoms with Gasteiger partial charge in [0.2, 0.25) is 11.1 Å². The van der Waals surface area contributed by atoms with E-state index in [0.29, 0.717) is 11.7 Å². The van der Waals surface area contributed by atoms with Gasteiger partial charge in [-0.25, -0.2) is 0 Å². The lowest BCUT2D eigenvalue weighted by Gasteiger charge is -2.11. The summed E-state index contributed by atoms with van der Waals surface area (Å²) < 4.78 is 1.67. The predicted molar refractivity (Wildman–Crippen MR) is 87.2 cm³/mol. The molecule has 118 valence electrons. The summed E-state index contributed by atoms with van der Waals surface area (Å²) in [4.78, 5) is 12.0. The molecule has 0 fully saturated rings. The molecule has 0 spiro atoms. The third-order valence-corrected chi connectivity index (χ3v) is 4.41. The number of carbonyl (C=O) groups is 1. The molecular weight excluding hydrogens is 298 g/mol. The number of benzene rings is 1. The highest BCUT2D eigenvalue weighted by Crippen LogP contribution is 2.23. The molecule has 0 unspecified atom stereocenters. The molecule has 1 heterocycles. The molecule has 7 heteroatoms. The van der Waals surface area contributed by atoms with Crippen LogP contribution in [0.4, 0.5) is 0 Å². The van der Waals surface area contributed by atoms with E-state index in [1.807, 2.05) is 32.0 Å². The molecule has 0 bridgehead atoms. The van der Waals surface area contributed by atoms with E-state index in [1.165, 1.54) is 22.9 Å². The molecule has 1 N–H and O–H groups in total. The van der Waals surface area contributed by atoms with E-state index < -0.39 is 0 Å². The lowest BCUT2D eigenvalue weighted by Crippen LogP contribution is -2.31. The Labute approximate surface area is 134 Å². The van der Waals surface area contributed by atoms with Gasteiger partial charge in [-0.2, -0.15) is 4.68 Å². The lowest BCUT2D eigenvalue weighted by atomic mass is 10.1. The zero-order valence-corrected chi connectivity index (χ0v) is 14.1. The van der Waals surface area contributed by atoms with Crippen LogP contribution in [-0.4, -0.2) is 37.9 Å². The van der Waals surface area contributed by atoms with Crippen molar-refractivity contribution in [1.82, 2.24) is 25.5 Å². The molecule has 22 heavy (non-hydrogen) atoms. The number of nitrogens with one attached hydrogen (secondary N) is 1. The van der Waals surface area contributed by atoms with Gasteiger partial charge in [0, 0.05) is 6.54 Å². The van der Waals surface area contributed by atoms with E-state index in [1.54, 1.807) is 4.68 Å². The van der Waals surface area contributed by atoms with Gasteiger partial charge in [-0.15, -0.1) is 5.10 Å². The molecule has 0 saturated heterocycles. The smallest absolute Gasteiger partial charge is 0.233 e. The zero-order chi connectivity index (χ0) is 16.1. The molecule has 1 atom stereocenters. The molecule has 1 aromatic carbocycles. The summed E-state index contributed by atoms with van der Waals surface area (Å²) in [6, 6.07) is 6.06. The molecule has 0 aliphatic heterocycles. The maximum atomic E-state index is 12.0. The number of thioether (sulfide) groups is 1. The van der Waals surface area contributed by atoms with Crippen LogP contribution in [0.25, 0.3) is 5.69 Å². The second-order valence-corrected chi connectivity index (χ2v) is 6.50. The van der Waals surface area contributed by atoms with Gasteiger partial charge in [0.05, 0.1) is 10.9 Å². The molecule has 1 aromatic heterocycles. The molecule has 0 aliphatic carbocycles. The quantitative estimate of drug-likeness (QED) is 0.827. The number of nitrogens with zero attached hydrogens (tertiary/aromatic N) is 4. The van der Waals surface area contributed by atoms with Gasteiger partial charge in [-0.05, 0) is 60.9 Å². The molecule has 0 aliphatic rings. The second kappa shape index (κ2) is 7.40. The standard InChI is InChI=1S/C15H21N5OS/c1-5-8-16-14(21)12(4)22-15-17-18-19-20(15)13-7-6-10(2)11(3)9-13/h6-7,9,12H,5,8H2,1-4H3,(H,16,21)/t12-/m0/s1. The summed E-state index contributed by atoms with van der Waals surface area (Å²) in [7, 11) is 0. The average Bonchev–Trinajstić information content (AvgIpc) is 2.95. The van der Waals surface area contributed by atoms with Crippen LogP contribution >= 0.6 is 11.8 Å². The van der Waals surface area contributed by atoms with Crippen LogP contribution in [0.2, 0.25) is 0 Å². The van der Waals surface area contributed by atoms with Crippen LogP contribution in [-0.2, 0) is 4.79 Å². The first-order valence-corrected chi connectivity index (χ1v) is 8.21.